The molecule has 0 spiro atoms. The van der Waals surface area contributed by atoms with E-state index in [0.29, 0.717) is 11.5 Å². The van der Waals surface area contributed by atoms with Gasteiger partial charge in [0.1, 0.15) is 11.6 Å². The van der Waals surface area contributed by atoms with Crippen molar-refractivity contribution in [3.63, 3.8) is 0 Å². The minimum Gasteiger partial charge on any atom is -0.493 e. The number of carbonyl (C=O) groups excluding carboxylic acids is 1. The lowest BCUT2D eigenvalue weighted by Gasteiger charge is -2.26. The summed E-state index contributed by atoms with van der Waals surface area (Å²) in [5, 5.41) is 4.63. The standard InChI is InChI=1S/C18H27NO3.C11H13N3/c1-13-4-6-15(7-5-13)11-19-12-16-8-9-17(22-14(2)20)18(10-16)21-3;1-8-12-10-7-5-4-6-9(10)11(13-8)14(2)3/h8-10,13,15,19H,4-7,11-12H2,1-3H3;4-7H,1-3H3. The van der Waals surface area contributed by atoms with Crippen LogP contribution in [-0.2, 0) is 11.3 Å². The third-order valence-corrected chi connectivity index (χ3v) is 6.50. The summed E-state index contributed by atoms with van der Waals surface area (Å²) in [6.45, 7) is 7.53. The van der Waals surface area contributed by atoms with Gasteiger partial charge in [0, 0.05) is 33.0 Å². The van der Waals surface area contributed by atoms with Crippen LogP contribution in [0.25, 0.3) is 10.9 Å². The molecule has 0 radical (unpaired) electrons. The van der Waals surface area contributed by atoms with Crippen LogP contribution in [0.3, 0.4) is 0 Å². The molecule has 0 bridgehead atoms. The Labute approximate surface area is 215 Å². The number of benzene rings is 2. The maximum atomic E-state index is 11.0. The molecule has 1 aliphatic rings. The summed E-state index contributed by atoms with van der Waals surface area (Å²) >= 11 is 0. The topological polar surface area (TPSA) is 76.6 Å². The van der Waals surface area contributed by atoms with Crippen molar-refractivity contribution in [3.8, 4) is 11.5 Å². The minimum atomic E-state index is -0.337. The molecule has 1 fully saturated rings. The van der Waals surface area contributed by atoms with E-state index in [1.54, 1.807) is 13.2 Å². The first-order chi connectivity index (χ1) is 17.3. The van der Waals surface area contributed by atoms with E-state index in [4.69, 9.17) is 9.47 Å². The molecule has 0 atom stereocenters. The minimum absolute atomic E-state index is 0.337. The Hall–Kier alpha value is -3.19. The quantitative estimate of drug-likeness (QED) is 0.343. The number of nitrogens with zero attached hydrogens (tertiary/aromatic N) is 3. The van der Waals surface area contributed by atoms with Crippen molar-refractivity contribution in [2.45, 2.75) is 53.0 Å². The number of carbonyl (C=O) groups is 1. The van der Waals surface area contributed by atoms with Gasteiger partial charge < -0.3 is 19.7 Å². The Morgan fingerprint density at radius 1 is 1.06 bits per heavy atom. The lowest BCUT2D eigenvalue weighted by atomic mass is 9.83. The van der Waals surface area contributed by atoms with E-state index >= 15 is 0 Å². The van der Waals surface area contributed by atoms with Gasteiger partial charge in [-0.05, 0) is 68.0 Å². The highest BCUT2D eigenvalue weighted by atomic mass is 16.6. The highest BCUT2D eigenvalue weighted by molar-refractivity contribution is 5.89. The summed E-state index contributed by atoms with van der Waals surface area (Å²) in [7, 11) is 5.57. The number of fused-ring (bicyclic) bond motifs is 1. The zero-order valence-corrected chi connectivity index (χ0v) is 22.5. The maximum absolute atomic E-state index is 11.0. The van der Waals surface area contributed by atoms with Gasteiger partial charge >= 0.3 is 5.97 Å². The lowest BCUT2D eigenvalue weighted by Crippen LogP contribution is -2.25. The van der Waals surface area contributed by atoms with Gasteiger partial charge in [-0.15, -0.1) is 0 Å². The van der Waals surface area contributed by atoms with Crippen molar-refractivity contribution < 1.29 is 14.3 Å². The van der Waals surface area contributed by atoms with Gasteiger partial charge in [-0.2, -0.15) is 0 Å². The van der Waals surface area contributed by atoms with Crippen LogP contribution in [0.15, 0.2) is 42.5 Å². The van der Waals surface area contributed by atoms with Gasteiger partial charge in [0.15, 0.2) is 11.5 Å². The van der Waals surface area contributed by atoms with Gasteiger partial charge in [-0.1, -0.05) is 38.0 Å². The van der Waals surface area contributed by atoms with E-state index in [-0.39, 0.29) is 5.97 Å². The Morgan fingerprint density at radius 3 is 2.44 bits per heavy atom. The average molecular weight is 493 g/mol. The summed E-state index contributed by atoms with van der Waals surface area (Å²) in [5.41, 5.74) is 2.14. The Bertz CT molecular complexity index is 1140. The van der Waals surface area contributed by atoms with Crippen LogP contribution in [0.4, 0.5) is 5.82 Å². The Kier molecular flexibility index (Phi) is 10.1. The fourth-order valence-electron chi connectivity index (χ4n) is 4.53. The molecule has 0 saturated heterocycles. The SMILES string of the molecule is COc1cc(CNCC2CCC(C)CC2)ccc1OC(C)=O.Cc1nc(N(C)C)c2ccccc2n1. The van der Waals surface area contributed by atoms with E-state index in [0.717, 1.165) is 53.0 Å². The zero-order chi connectivity index (χ0) is 26.1. The number of esters is 1. The number of rotatable bonds is 7. The molecule has 7 heteroatoms. The number of aryl methyl sites for hydroxylation is 1. The van der Waals surface area contributed by atoms with E-state index in [9.17, 15) is 4.79 Å². The molecule has 1 saturated carbocycles. The molecule has 0 aliphatic heterocycles. The molecule has 1 aromatic heterocycles. The molecule has 7 nitrogen and oxygen atoms in total. The van der Waals surface area contributed by atoms with Crippen LogP contribution >= 0.6 is 0 Å². The fraction of sp³-hybridized carbons (Fsp3) is 0.483. The number of methoxy groups -OCH3 is 1. The molecule has 1 heterocycles. The summed E-state index contributed by atoms with van der Waals surface area (Å²) in [6, 6.07) is 13.7. The number of nitrogens with one attached hydrogen (secondary N) is 1. The maximum Gasteiger partial charge on any atom is 0.308 e. The van der Waals surface area contributed by atoms with Crippen LogP contribution in [0.5, 0.6) is 11.5 Å². The van der Waals surface area contributed by atoms with Crippen LogP contribution in [0.2, 0.25) is 0 Å². The monoisotopic (exact) mass is 492 g/mol. The molecule has 1 N–H and O–H groups in total. The number of hydrogen-bond donors (Lipinski definition) is 1. The highest BCUT2D eigenvalue weighted by Crippen LogP contribution is 2.29. The third-order valence-electron chi connectivity index (χ3n) is 6.50. The molecule has 194 valence electrons. The second kappa shape index (κ2) is 13.2. The molecule has 4 rings (SSSR count). The summed E-state index contributed by atoms with van der Waals surface area (Å²) in [4.78, 5) is 21.9. The first-order valence-corrected chi connectivity index (χ1v) is 12.7. The molecule has 0 amide bonds. The second-order valence-corrected chi connectivity index (χ2v) is 9.84. The molecular formula is C29H40N4O3. The number of para-hydroxylation sites is 1. The first kappa shape index (κ1) is 27.4. The highest BCUT2D eigenvalue weighted by Gasteiger charge is 2.17. The van der Waals surface area contributed by atoms with Crippen LogP contribution < -0.4 is 19.7 Å². The average Bonchev–Trinajstić information content (AvgIpc) is 2.85. The van der Waals surface area contributed by atoms with Crippen LogP contribution in [0.1, 0.15) is 50.9 Å². The first-order valence-electron chi connectivity index (χ1n) is 12.7. The van der Waals surface area contributed by atoms with E-state index < -0.39 is 0 Å². The van der Waals surface area contributed by atoms with Gasteiger partial charge in [0.05, 0.1) is 12.6 Å². The largest absolute Gasteiger partial charge is 0.493 e. The molecule has 1 aliphatic carbocycles. The second-order valence-electron chi connectivity index (χ2n) is 9.84. The summed E-state index contributed by atoms with van der Waals surface area (Å²) in [6.07, 6.45) is 5.39. The smallest absolute Gasteiger partial charge is 0.308 e. The number of ether oxygens (including phenoxy) is 2. The molecular weight excluding hydrogens is 452 g/mol. The van der Waals surface area contributed by atoms with Gasteiger partial charge in [0.25, 0.3) is 0 Å². The van der Waals surface area contributed by atoms with E-state index in [1.807, 2.05) is 62.3 Å². The molecule has 3 aromatic rings. The molecule has 2 aromatic carbocycles. The predicted molar refractivity (Wildman–Crippen MR) is 146 cm³/mol. The fourth-order valence-corrected chi connectivity index (χ4v) is 4.53. The van der Waals surface area contributed by atoms with E-state index in [2.05, 4.69) is 22.2 Å². The van der Waals surface area contributed by atoms with Crippen molar-refractivity contribution in [1.82, 2.24) is 15.3 Å². The van der Waals surface area contributed by atoms with Gasteiger partial charge in [0.2, 0.25) is 0 Å². The van der Waals surface area contributed by atoms with Crippen LogP contribution in [0, 0.1) is 18.8 Å². The molecule has 0 unspecified atom stereocenters. The third kappa shape index (κ3) is 7.92. The van der Waals surface area contributed by atoms with Crippen molar-refractivity contribution in [1.29, 1.82) is 0 Å². The summed E-state index contributed by atoms with van der Waals surface area (Å²) < 4.78 is 10.4. The lowest BCUT2D eigenvalue weighted by molar-refractivity contribution is -0.132. The van der Waals surface area contributed by atoms with Crippen molar-refractivity contribution >= 4 is 22.7 Å². The van der Waals surface area contributed by atoms with Crippen molar-refractivity contribution in [2.75, 3.05) is 32.6 Å². The van der Waals surface area contributed by atoms with Gasteiger partial charge in [-0.3, -0.25) is 4.79 Å². The predicted octanol–water partition coefficient (Wildman–Crippen LogP) is 5.54. The van der Waals surface area contributed by atoms with Gasteiger partial charge in [-0.25, -0.2) is 9.97 Å². The molecule has 36 heavy (non-hydrogen) atoms. The number of aromatic nitrogens is 2. The Balaban J connectivity index is 0.000000221. The normalized spacial score (nSPS) is 17.2. The Morgan fingerprint density at radius 2 is 1.78 bits per heavy atom. The van der Waals surface area contributed by atoms with Crippen molar-refractivity contribution in [2.24, 2.45) is 11.8 Å². The van der Waals surface area contributed by atoms with Crippen molar-refractivity contribution in [3.05, 3.63) is 53.9 Å². The number of hydrogen-bond acceptors (Lipinski definition) is 7. The number of anilines is 1. The zero-order valence-electron chi connectivity index (χ0n) is 22.5. The summed E-state index contributed by atoms with van der Waals surface area (Å²) in [5.74, 6) is 4.23. The van der Waals surface area contributed by atoms with E-state index in [1.165, 1.54) is 32.6 Å². The van der Waals surface area contributed by atoms with Crippen LogP contribution in [-0.4, -0.2) is 43.7 Å².